The van der Waals surface area contributed by atoms with Crippen LogP contribution in [0.1, 0.15) is 44.0 Å². The van der Waals surface area contributed by atoms with Crippen LogP contribution in [0.2, 0.25) is 0 Å². The van der Waals surface area contributed by atoms with E-state index in [0.717, 1.165) is 33.2 Å². The van der Waals surface area contributed by atoms with Gasteiger partial charge in [0, 0.05) is 23.1 Å². The predicted octanol–water partition coefficient (Wildman–Crippen LogP) is 5.15. The smallest absolute Gasteiger partial charge is 0.217 e. The fourth-order valence-electron chi connectivity index (χ4n) is 2.79. The summed E-state index contributed by atoms with van der Waals surface area (Å²) in [6, 6.07) is 8.74. The first-order valence-electron chi connectivity index (χ1n) is 8.73. The SMILES string of the molecule is Cc1nc(SCCCC(N)=O)c2c(-c3ccc(C(C)C)cc3)csc2n1. The Morgan fingerprint density at radius 2 is 1.96 bits per heavy atom. The van der Waals surface area contributed by atoms with Crippen molar-refractivity contribution in [2.45, 2.75) is 44.6 Å². The zero-order chi connectivity index (χ0) is 18.7. The van der Waals surface area contributed by atoms with Crippen molar-refractivity contribution >= 4 is 39.2 Å². The fraction of sp³-hybridized carbons (Fsp3) is 0.350. The van der Waals surface area contributed by atoms with Crippen LogP contribution in [0.15, 0.2) is 34.7 Å². The summed E-state index contributed by atoms with van der Waals surface area (Å²) in [5, 5.41) is 4.26. The van der Waals surface area contributed by atoms with Crippen LogP contribution >= 0.6 is 23.1 Å². The summed E-state index contributed by atoms with van der Waals surface area (Å²) in [6.07, 6.45) is 1.17. The quantitative estimate of drug-likeness (QED) is 0.347. The zero-order valence-corrected chi connectivity index (χ0v) is 16.9. The number of hydrogen-bond acceptors (Lipinski definition) is 5. The molecule has 0 aliphatic rings. The van der Waals surface area contributed by atoms with E-state index in [1.54, 1.807) is 23.1 Å². The molecule has 0 aliphatic heterocycles. The monoisotopic (exact) mass is 385 g/mol. The second-order valence-corrected chi connectivity index (χ2v) is 8.54. The Labute approximate surface area is 162 Å². The minimum atomic E-state index is -0.254. The number of aromatic nitrogens is 2. The highest BCUT2D eigenvalue weighted by molar-refractivity contribution is 7.99. The first-order chi connectivity index (χ1) is 12.5. The third-order valence-corrected chi connectivity index (χ3v) is 6.14. The molecule has 0 spiro atoms. The zero-order valence-electron chi connectivity index (χ0n) is 15.3. The summed E-state index contributed by atoms with van der Waals surface area (Å²) < 4.78 is 0. The second-order valence-electron chi connectivity index (χ2n) is 6.60. The van der Waals surface area contributed by atoms with Crippen LogP contribution < -0.4 is 5.73 Å². The first kappa shape index (κ1) is 18.9. The van der Waals surface area contributed by atoms with E-state index in [4.69, 9.17) is 5.73 Å². The van der Waals surface area contributed by atoms with Gasteiger partial charge in [0.1, 0.15) is 15.7 Å². The largest absolute Gasteiger partial charge is 0.370 e. The highest BCUT2D eigenvalue weighted by Crippen LogP contribution is 2.38. The van der Waals surface area contributed by atoms with Gasteiger partial charge in [0.05, 0.1) is 5.39 Å². The van der Waals surface area contributed by atoms with Crippen LogP contribution in [-0.2, 0) is 4.79 Å². The minimum Gasteiger partial charge on any atom is -0.370 e. The highest BCUT2D eigenvalue weighted by atomic mass is 32.2. The highest BCUT2D eigenvalue weighted by Gasteiger charge is 2.15. The molecule has 0 unspecified atom stereocenters. The normalized spacial score (nSPS) is 11.4. The Bertz CT molecular complexity index is 917. The lowest BCUT2D eigenvalue weighted by molar-refractivity contribution is -0.118. The number of carbonyl (C=O) groups is 1. The summed E-state index contributed by atoms with van der Waals surface area (Å²) >= 11 is 3.33. The maximum atomic E-state index is 10.9. The Kier molecular flexibility index (Phi) is 5.94. The van der Waals surface area contributed by atoms with Gasteiger partial charge in [-0.25, -0.2) is 9.97 Å². The van der Waals surface area contributed by atoms with E-state index < -0.39 is 0 Å². The number of thioether (sulfide) groups is 1. The Hall–Kier alpha value is -1.92. The molecule has 0 saturated heterocycles. The van der Waals surface area contributed by atoms with Crippen LogP contribution in [0.25, 0.3) is 21.3 Å². The van der Waals surface area contributed by atoms with E-state index in [0.29, 0.717) is 12.3 Å². The molecule has 0 radical (unpaired) electrons. The Morgan fingerprint density at radius 1 is 1.23 bits per heavy atom. The van der Waals surface area contributed by atoms with E-state index in [-0.39, 0.29) is 5.91 Å². The molecule has 1 aromatic carbocycles. The van der Waals surface area contributed by atoms with Crippen molar-refractivity contribution in [2.24, 2.45) is 5.73 Å². The van der Waals surface area contributed by atoms with Gasteiger partial charge in [-0.3, -0.25) is 4.79 Å². The van der Waals surface area contributed by atoms with Gasteiger partial charge in [0.2, 0.25) is 5.91 Å². The molecule has 2 N–H and O–H groups in total. The molecule has 0 aliphatic carbocycles. The lowest BCUT2D eigenvalue weighted by atomic mass is 9.99. The van der Waals surface area contributed by atoms with Crippen molar-refractivity contribution in [1.82, 2.24) is 9.97 Å². The average molecular weight is 386 g/mol. The molecule has 3 rings (SSSR count). The van der Waals surface area contributed by atoms with Crippen molar-refractivity contribution in [3.63, 3.8) is 0 Å². The van der Waals surface area contributed by atoms with Gasteiger partial charge in [-0.05, 0) is 30.4 Å². The molecule has 136 valence electrons. The lowest BCUT2D eigenvalue weighted by Crippen LogP contribution is -2.10. The topological polar surface area (TPSA) is 68.9 Å². The number of rotatable bonds is 7. The van der Waals surface area contributed by atoms with E-state index in [1.807, 2.05) is 6.92 Å². The van der Waals surface area contributed by atoms with Crippen molar-refractivity contribution < 1.29 is 4.79 Å². The van der Waals surface area contributed by atoms with Crippen LogP contribution in [0.3, 0.4) is 0 Å². The van der Waals surface area contributed by atoms with Gasteiger partial charge in [0.15, 0.2) is 0 Å². The van der Waals surface area contributed by atoms with Gasteiger partial charge < -0.3 is 5.73 Å². The molecular formula is C20H23N3OS2. The molecule has 2 aromatic heterocycles. The summed E-state index contributed by atoms with van der Waals surface area (Å²) in [5.74, 6) is 1.86. The maximum Gasteiger partial charge on any atom is 0.217 e. The summed E-state index contributed by atoms with van der Waals surface area (Å²) in [4.78, 5) is 21.2. The van der Waals surface area contributed by atoms with Crippen molar-refractivity contribution in [3.8, 4) is 11.1 Å². The Balaban J connectivity index is 1.94. The molecule has 3 aromatic rings. The number of aryl methyl sites for hydroxylation is 1. The van der Waals surface area contributed by atoms with Crippen molar-refractivity contribution in [3.05, 3.63) is 41.0 Å². The summed E-state index contributed by atoms with van der Waals surface area (Å²) in [5.41, 5.74) is 8.93. The molecule has 0 saturated carbocycles. The van der Waals surface area contributed by atoms with Gasteiger partial charge in [0.25, 0.3) is 0 Å². The first-order valence-corrected chi connectivity index (χ1v) is 10.6. The molecule has 2 heterocycles. The van der Waals surface area contributed by atoms with Crippen LogP contribution in [0.4, 0.5) is 0 Å². The maximum absolute atomic E-state index is 10.9. The number of nitrogens with zero attached hydrogens (tertiary/aromatic N) is 2. The standard InChI is InChI=1S/C20H23N3OS2/c1-12(2)14-6-8-15(9-7-14)16-11-26-20-18(16)19(22-13(3)23-20)25-10-4-5-17(21)24/h6-9,11-12H,4-5,10H2,1-3H3,(H2,21,24). The third-order valence-electron chi connectivity index (χ3n) is 4.21. The number of hydrogen-bond donors (Lipinski definition) is 1. The number of benzene rings is 1. The molecule has 4 nitrogen and oxygen atoms in total. The molecule has 0 atom stereocenters. The molecule has 6 heteroatoms. The van der Waals surface area contributed by atoms with E-state index in [2.05, 4.69) is 53.5 Å². The van der Waals surface area contributed by atoms with Gasteiger partial charge in [-0.1, -0.05) is 38.1 Å². The second kappa shape index (κ2) is 8.18. The number of primary amides is 1. The number of nitrogens with two attached hydrogens (primary N) is 1. The number of thiophene rings is 1. The molecule has 0 bridgehead atoms. The van der Waals surface area contributed by atoms with Crippen molar-refractivity contribution in [1.29, 1.82) is 0 Å². The lowest BCUT2D eigenvalue weighted by Gasteiger charge is -2.08. The molecular weight excluding hydrogens is 362 g/mol. The Morgan fingerprint density at radius 3 is 2.62 bits per heavy atom. The van der Waals surface area contributed by atoms with Crippen LogP contribution in [-0.4, -0.2) is 21.6 Å². The molecule has 26 heavy (non-hydrogen) atoms. The van der Waals surface area contributed by atoms with Crippen molar-refractivity contribution in [2.75, 3.05) is 5.75 Å². The van der Waals surface area contributed by atoms with Crippen LogP contribution in [0.5, 0.6) is 0 Å². The molecule has 1 amide bonds. The van der Waals surface area contributed by atoms with E-state index >= 15 is 0 Å². The summed E-state index contributed by atoms with van der Waals surface area (Å²) in [6.45, 7) is 6.32. The van der Waals surface area contributed by atoms with Gasteiger partial charge in [-0.2, -0.15) is 0 Å². The molecule has 0 fully saturated rings. The third kappa shape index (κ3) is 4.24. The minimum absolute atomic E-state index is 0.254. The van der Waals surface area contributed by atoms with Crippen LogP contribution in [0, 0.1) is 6.92 Å². The number of carbonyl (C=O) groups excluding carboxylic acids is 1. The van der Waals surface area contributed by atoms with Gasteiger partial charge >= 0.3 is 0 Å². The average Bonchev–Trinajstić information content (AvgIpc) is 3.02. The van der Waals surface area contributed by atoms with Gasteiger partial charge in [-0.15, -0.1) is 23.1 Å². The predicted molar refractivity (Wildman–Crippen MR) is 111 cm³/mol. The summed E-state index contributed by atoms with van der Waals surface area (Å²) in [7, 11) is 0. The van der Waals surface area contributed by atoms with E-state index in [1.165, 1.54) is 16.7 Å². The number of amides is 1. The fourth-order valence-corrected chi connectivity index (χ4v) is 4.88. The van der Waals surface area contributed by atoms with E-state index in [9.17, 15) is 4.79 Å². The number of fused-ring (bicyclic) bond motifs is 1.